The highest BCUT2D eigenvalue weighted by molar-refractivity contribution is 9.10. The van der Waals surface area contributed by atoms with E-state index < -0.39 is 0 Å². The van der Waals surface area contributed by atoms with Crippen molar-refractivity contribution < 1.29 is 0 Å². The standard InChI is InChI=1S/C13H18BrN3S/c1-4-6-7-9-10-11(14)8(5-2)15-12(10)17-13(16-9)18-3/h4-7H2,1-3H3,(H,15,16,17). The lowest BCUT2D eigenvalue weighted by molar-refractivity contribution is 0.766. The smallest absolute Gasteiger partial charge is 0.189 e. The van der Waals surface area contributed by atoms with Gasteiger partial charge in [-0.2, -0.15) is 0 Å². The van der Waals surface area contributed by atoms with E-state index in [2.05, 4.69) is 44.7 Å². The maximum Gasteiger partial charge on any atom is 0.189 e. The lowest BCUT2D eigenvalue weighted by atomic mass is 10.1. The van der Waals surface area contributed by atoms with Crippen LogP contribution in [0.4, 0.5) is 0 Å². The Morgan fingerprint density at radius 1 is 1.28 bits per heavy atom. The summed E-state index contributed by atoms with van der Waals surface area (Å²) in [4.78, 5) is 12.6. The molecular weight excluding hydrogens is 310 g/mol. The molecular formula is C13H18BrN3S. The second kappa shape index (κ2) is 6.06. The van der Waals surface area contributed by atoms with Gasteiger partial charge in [0.1, 0.15) is 5.65 Å². The van der Waals surface area contributed by atoms with Crippen molar-refractivity contribution >= 4 is 38.7 Å². The van der Waals surface area contributed by atoms with Crippen LogP contribution in [0.15, 0.2) is 9.63 Å². The summed E-state index contributed by atoms with van der Waals surface area (Å²) in [6, 6.07) is 0. The molecule has 1 N–H and O–H groups in total. The zero-order valence-electron chi connectivity index (χ0n) is 11.0. The van der Waals surface area contributed by atoms with Crippen LogP contribution in [0.1, 0.15) is 38.1 Å². The van der Waals surface area contributed by atoms with E-state index in [0.29, 0.717) is 0 Å². The van der Waals surface area contributed by atoms with E-state index in [1.807, 2.05) is 6.26 Å². The molecule has 0 aliphatic rings. The molecule has 0 spiro atoms. The number of rotatable bonds is 5. The molecule has 98 valence electrons. The quantitative estimate of drug-likeness (QED) is 0.655. The number of fused-ring (bicyclic) bond motifs is 1. The lowest BCUT2D eigenvalue weighted by Gasteiger charge is -2.04. The Kier molecular flexibility index (Phi) is 4.67. The lowest BCUT2D eigenvalue weighted by Crippen LogP contribution is -1.96. The molecule has 3 nitrogen and oxygen atoms in total. The van der Waals surface area contributed by atoms with Crippen LogP contribution in [-0.4, -0.2) is 21.2 Å². The number of hydrogen-bond donors (Lipinski definition) is 1. The van der Waals surface area contributed by atoms with Gasteiger partial charge in [-0.25, -0.2) is 9.97 Å². The Morgan fingerprint density at radius 3 is 2.67 bits per heavy atom. The average Bonchev–Trinajstić information content (AvgIpc) is 2.72. The first kappa shape index (κ1) is 13.9. The molecule has 5 heteroatoms. The summed E-state index contributed by atoms with van der Waals surface area (Å²) in [7, 11) is 0. The van der Waals surface area contributed by atoms with E-state index in [4.69, 9.17) is 0 Å². The van der Waals surface area contributed by atoms with Crippen molar-refractivity contribution in [3.8, 4) is 0 Å². The van der Waals surface area contributed by atoms with Crippen molar-refractivity contribution in [1.29, 1.82) is 0 Å². The number of unbranched alkanes of at least 4 members (excludes halogenated alkanes) is 1. The number of nitrogens with one attached hydrogen (secondary N) is 1. The summed E-state index contributed by atoms with van der Waals surface area (Å²) in [5, 5.41) is 2.02. The van der Waals surface area contributed by atoms with Gasteiger partial charge < -0.3 is 4.98 Å². The number of thioether (sulfide) groups is 1. The molecule has 2 heterocycles. The monoisotopic (exact) mass is 327 g/mol. The van der Waals surface area contributed by atoms with Crippen molar-refractivity contribution in [2.75, 3.05) is 6.26 Å². The van der Waals surface area contributed by atoms with Gasteiger partial charge in [0.15, 0.2) is 5.16 Å². The van der Waals surface area contributed by atoms with E-state index >= 15 is 0 Å². The molecule has 0 atom stereocenters. The molecule has 0 radical (unpaired) electrons. The van der Waals surface area contributed by atoms with Gasteiger partial charge in [0.25, 0.3) is 0 Å². The molecule has 0 aliphatic carbocycles. The van der Waals surface area contributed by atoms with Crippen LogP contribution in [0.3, 0.4) is 0 Å². The Labute approximate surface area is 120 Å². The third kappa shape index (κ3) is 2.57. The summed E-state index contributed by atoms with van der Waals surface area (Å²) in [6.45, 7) is 4.35. The molecule has 0 fully saturated rings. The third-order valence-electron chi connectivity index (χ3n) is 3.02. The number of aromatic amines is 1. The minimum Gasteiger partial charge on any atom is -0.342 e. The Morgan fingerprint density at radius 2 is 2.06 bits per heavy atom. The predicted octanol–water partition coefficient (Wildman–Crippen LogP) is 4.35. The predicted molar refractivity (Wildman–Crippen MR) is 81.4 cm³/mol. The summed E-state index contributed by atoms with van der Waals surface area (Å²) in [5.41, 5.74) is 3.33. The Balaban J connectivity index is 2.59. The molecule has 2 aromatic heterocycles. The molecule has 0 aliphatic heterocycles. The zero-order chi connectivity index (χ0) is 13.1. The highest BCUT2D eigenvalue weighted by Gasteiger charge is 2.15. The highest BCUT2D eigenvalue weighted by atomic mass is 79.9. The van der Waals surface area contributed by atoms with Gasteiger partial charge in [-0.15, -0.1) is 0 Å². The van der Waals surface area contributed by atoms with Gasteiger partial charge in [0.05, 0.1) is 11.1 Å². The summed E-state index contributed by atoms with van der Waals surface area (Å²) < 4.78 is 1.14. The highest BCUT2D eigenvalue weighted by Crippen LogP contribution is 2.31. The van der Waals surface area contributed by atoms with Crippen molar-refractivity contribution in [3.63, 3.8) is 0 Å². The molecule has 2 rings (SSSR count). The first-order valence-electron chi connectivity index (χ1n) is 6.32. The van der Waals surface area contributed by atoms with Gasteiger partial charge >= 0.3 is 0 Å². The summed E-state index contributed by atoms with van der Waals surface area (Å²) in [6.07, 6.45) is 6.35. The largest absolute Gasteiger partial charge is 0.342 e. The van der Waals surface area contributed by atoms with E-state index in [-0.39, 0.29) is 0 Å². The number of H-pyrrole nitrogens is 1. The topological polar surface area (TPSA) is 41.6 Å². The fraction of sp³-hybridized carbons (Fsp3) is 0.538. The van der Waals surface area contributed by atoms with Crippen LogP contribution in [0.5, 0.6) is 0 Å². The minimum absolute atomic E-state index is 0.852. The number of aryl methyl sites for hydroxylation is 2. The van der Waals surface area contributed by atoms with Crippen molar-refractivity contribution in [3.05, 3.63) is 15.9 Å². The van der Waals surface area contributed by atoms with Gasteiger partial charge in [-0.3, -0.25) is 0 Å². The summed E-state index contributed by atoms with van der Waals surface area (Å²) >= 11 is 5.28. The molecule has 0 amide bonds. The van der Waals surface area contributed by atoms with Crippen LogP contribution in [0.25, 0.3) is 11.0 Å². The molecule has 0 saturated carbocycles. The summed E-state index contributed by atoms with van der Waals surface area (Å²) in [5.74, 6) is 0. The normalized spacial score (nSPS) is 11.3. The first-order valence-corrected chi connectivity index (χ1v) is 8.33. The van der Waals surface area contributed by atoms with E-state index in [1.165, 1.54) is 18.5 Å². The molecule has 0 unspecified atom stereocenters. The number of hydrogen-bond acceptors (Lipinski definition) is 3. The van der Waals surface area contributed by atoms with Crippen molar-refractivity contribution in [1.82, 2.24) is 15.0 Å². The fourth-order valence-electron chi connectivity index (χ4n) is 2.01. The molecule has 2 aromatic rings. The van der Waals surface area contributed by atoms with Crippen LogP contribution in [0, 0.1) is 0 Å². The van der Waals surface area contributed by atoms with E-state index in [9.17, 15) is 0 Å². The molecule has 0 saturated heterocycles. The number of nitrogens with zero attached hydrogens (tertiary/aromatic N) is 2. The van der Waals surface area contributed by atoms with Crippen LogP contribution < -0.4 is 0 Å². The second-order valence-electron chi connectivity index (χ2n) is 4.26. The minimum atomic E-state index is 0.852. The van der Waals surface area contributed by atoms with E-state index in [1.54, 1.807) is 11.8 Å². The molecule has 0 aromatic carbocycles. The molecule has 0 bridgehead atoms. The van der Waals surface area contributed by atoms with E-state index in [0.717, 1.165) is 39.2 Å². The maximum absolute atomic E-state index is 4.67. The van der Waals surface area contributed by atoms with Crippen molar-refractivity contribution in [2.24, 2.45) is 0 Å². The van der Waals surface area contributed by atoms with Crippen molar-refractivity contribution in [2.45, 2.75) is 44.7 Å². The van der Waals surface area contributed by atoms with Gasteiger partial charge in [-0.1, -0.05) is 32.0 Å². The van der Waals surface area contributed by atoms with Gasteiger partial charge in [0.2, 0.25) is 0 Å². The van der Waals surface area contributed by atoms with Crippen LogP contribution in [0.2, 0.25) is 0 Å². The average molecular weight is 328 g/mol. The second-order valence-corrected chi connectivity index (χ2v) is 5.82. The van der Waals surface area contributed by atoms with Gasteiger partial charge in [0, 0.05) is 10.2 Å². The fourth-order valence-corrected chi connectivity index (χ4v) is 3.19. The van der Waals surface area contributed by atoms with Crippen LogP contribution in [-0.2, 0) is 12.8 Å². The first-order chi connectivity index (χ1) is 8.71. The number of halogens is 1. The van der Waals surface area contributed by atoms with Crippen LogP contribution >= 0.6 is 27.7 Å². The third-order valence-corrected chi connectivity index (χ3v) is 4.44. The van der Waals surface area contributed by atoms with Gasteiger partial charge in [-0.05, 0) is 41.4 Å². The Hall–Kier alpha value is -0.550. The SMILES string of the molecule is CCCCc1nc(SC)nc2[nH]c(CC)c(Br)c12. The zero-order valence-corrected chi connectivity index (χ0v) is 13.4. The maximum atomic E-state index is 4.67. The number of aromatic nitrogens is 3. The Bertz CT molecular complexity index is 551. The molecule has 18 heavy (non-hydrogen) atoms.